The van der Waals surface area contributed by atoms with Crippen LogP contribution in [0.3, 0.4) is 0 Å². The second-order valence-electron chi connectivity index (χ2n) is 9.56. The molecule has 2 N–H and O–H groups in total. The Morgan fingerprint density at radius 1 is 0.909 bits per heavy atom. The van der Waals surface area contributed by atoms with Gasteiger partial charge in [-0.1, -0.05) is 54.1 Å². The van der Waals surface area contributed by atoms with Gasteiger partial charge < -0.3 is 19.7 Å². The second kappa shape index (κ2) is 13.5. The Labute approximate surface area is 262 Å². The van der Waals surface area contributed by atoms with Crippen LogP contribution < -0.4 is 9.47 Å². The fraction of sp³-hybridized carbons (Fsp3) is 0.0909. The van der Waals surface area contributed by atoms with Crippen LogP contribution in [0.25, 0.3) is 6.08 Å². The number of carbonyl (C=O) groups is 3. The van der Waals surface area contributed by atoms with Crippen LogP contribution in [0.4, 0.5) is 5.69 Å². The predicted molar refractivity (Wildman–Crippen MR) is 169 cm³/mol. The highest BCUT2D eigenvalue weighted by Gasteiger charge is 2.33. The molecule has 0 aliphatic carbocycles. The van der Waals surface area contributed by atoms with Crippen LogP contribution >= 0.6 is 23.4 Å². The minimum Gasteiger partial charge on any atom is -0.493 e. The van der Waals surface area contributed by atoms with Crippen molar-refractivity contribution in [3.63, 3.8) is 0 Å². The van der Waals surface area contributed by atoms with E-state index in [1.54, 1.807) is 47.4 Å². The predicted octanol–water partition coefficient (Wildman–Crippen LogP) is 7.13. The summed E-state index contributed by atoms with van der Waals surface area (Å²) in [6, 6.07) is 25.3. The summed E-state index contributed by atoms with van der Waals surface area (Å²) in [6.45, 7) is 0.252. The lowest BCUT2D eigenvalue weighted by Crippen LogP contribution is -2.28. The molecule has 5 rings (SSSR count). The number of methoxy groups -OCH3 is 1. The lowest BCUT2D eigenvalue weighted by atomic mass is 10.1. The van der Waals surface area contributed by atoms with Crippen molar-refractivity contribution < 1.29 is 34.1 Å². The second-order valence-corrected chi connectivity index (χ2v) is 11.0. The first kappa shape index (κ1) is 30.4. The summed E-state index contributed by atoms with van der Waals surface area (Å²) in [4.78, 5) is 42.9. The fourth-order valence-electron chi connectivity index (χ4n) is 4.34. The van der Waals surface area contributed by atoms with Gasteiger partial charge in [0.25, 0.3) is 5.91 Å². The molecule has 4 aromatic rings. The number of para-hydroxylation sites is 1. The molecule has 222 valence electrons. The maximum Gasteiger partial charge on any atom is 0.335 e. The molecule has 9 nitrogen and oxygen atoms in total. The highest BCUT2D eigenvalue weighted by Crippen LogP contribution is 2.40. The van der Waals surface area contributed by atoms with Crippen LogP contribution in [0, 0.1) is 0 Å². The van der Waals surface area contributed by atoms with Crippen molar-refractivity contribution in [3.05, 3.63) is 129 Å². The maximum absolute atomic E-state index is 13.7. The third kappa shape index (κ3) is 7.11. The molecule has 0 saturated carbocycles. The van der Waals surface area contributed by atoms with Crippen LogP contribution in [-0.2, 0) is 17.9 Å². The maximum atomic E-state index is 13.7. The Bertz CT molecular complexity index is 1790. The number of carboxylic acid groups (broad SMARTS) is 2. The molecule has 0 bridgehead atoms. The summed E-state index contributed by atoms with van der Waals surface area (Å²) in [7, 11) is 1.47. The number of amidine groups is 1. The molecule has 1 fully saturated rings. The molecule has 0 radical (unpaired) electrons. The van der Waals surface area contributed by atoms with Crippen molar-refractivity contribution in [1.29, 1.82) is 0 Å². The van der Waals surface area contributed by atoms with Crippen LogP contribution in [0.5, 0.6) is 11.5 Å². The number of nitrogens with zero attached hydrogens (tertiary/aromatic N) is 2. The van der Waals surface area contributed by atoms with E-state index in [0.29, 0.717) is 32.6 Å². The van der Waals surface area contributed by atoms with Crippen molar-refractivity contribution in [2.45, 2.75) is 13.2 Å². The largest absolute Gasteiger partial charge is 0.493 e. The zero-order valence-corrected chi connectivity index (χ0v) is 24.8. The first-order valence-corrected chi connectivity index (χ1v) is 14.4. The Balaban J connectivity index is 1.42. The first-order valence-electron chi connectivity index (χ1n) is 13.2. The lowest BCUT2D eigenvalue weighted by Gasteiger charge is -2.16. The van der Waals surface area contributed by atoms with E-state index in [4.69, 9.17) is 26.1 Å². The molecule has 1 aliphatic rings. The molecule has 0 atom stereocenters. The number of carbonyl (C=O) groups excluding carboxylic acids is 1. The number of benzene rings is 4. The van der Waals surface area contributed by atoms with Crippen LogP contribution in [0.1, 0.15) is 37.4 Å². The number of hydrogen-bond donors (Lipinski definition) is 2. The third-order valence-corrected chi connectivity index (χ3v) is 7.80. The van der Waals surface area contributed by atoms with Crippen molar-refractivity contribution in [2.24, 2.45) is 4.99 Å². The number of aromatic carboxylic acids is 2. The van der Waals surface area contributed by atoms with Crippen molar-refractivity contribution in [2.75, 3.05) is 7.11 Å². The van der Waals surface area contributed by atoms with Gasteiger partial charge in [0.1, 0.15) is 6.61 Å². The van der Waals surface area contributed by atoms with Crippen LogP contribution in [0.2, 0.25) is 5.02 Å². The average Bonchev–Trinajstić information content (AvgIpc) is 3.29. The molecule has 0 aromatic heterocycles. The summed E-state index contributed by atoms with van der Waals surface area (Å²) in [5.74, 6) is -1.73. The van der Waals surface area contributed by atoms with E-state index in [-0.39, 0.29) is 41.0 Å². The SMILES string of the molecule is COc1cc(C=C2SC(=Nc3ccccc3)N(Cc3ccc(C(=O)O)cc3)C2=O)cc(Cl)c1OCc1cccc(C(=O)O)c1. The van der Waals surface area contributed by atoms with Crippen molar-refractivity contribution in [1.82, 2.24) is 4.90 Å². The quantitative estimate of drug-likeness (QED) is 0.178. The van der Waals surface area contributed by atoms with Gasteiger partial charge in [0.15, 0.2) is 16.7 Å². The highest BCUT2D eigenvalue weighted by molar-refractivity contribution is 8.18. The molecule has 1 amide bonds. The number of amides is 1. The van der Waals surface area contributed by atoms with E-state index in [1.807, 2.05) is 30.3 Å². The lowest BCUT2D eigenvalue weighted by molar-refractivity contribution is -0.122. The highest BCUT2D eigenvalue weighted by atomic mass is 35.5. The third-order valence-electron chi connectivity index (χ3n) is 6.52. The molecule has 0 spiro atoms. The van der Waals surface area contributed by atoms with Crippen molar-refractivity contribution in [3.8, 4) is 11.5 Å². The average molecular weight is 629 g/mol. The van der Waals surface area contributed by atoms with Gasteiger partial charge in [0.2, 0.25) is 0 Å². The van der Waals surface area contributed by atoms with Gasteiger partial charge in [-0.15, -0.1) is 0 Å². The van der Waals surface area contributed by atoms with Gasteiger partial charge in [0, 0.05) is 0 Å². The summed E-state index contributed by atoms with van der Waals surface area (Å²) in [5.41, 5.74) is 2.95. The number of rotatable bonds is 10. The van der Waals surface area contributed by atoms with E-state index >= 15 is 0 Å². The minimum atomic E-state index is -1.04. The topological polar surface area (TPSA) is 126 Å². The molecule has 1 saturated heterocycles. The number of hydrogen-bond acceptors (Lipinski definition) is 7. The van der Waals surface area contributed by atoms with E-state index < -0.39 is 11.9 Å². The van der Waals surface area contributed by atoms with E-state index in [1.165, 1.54) is 43.1 Å². The van der Waals surface area contributed by atoms with Crippen molar-refractivity contribution >= 4 is 58.1 Å². The normalized spacial score (nSPS) is 14.7. The zero-order chi connectivity index (χ0) is 31.2. The smallest absolute Gasteiger partial charge is 0.335 e. The number of carboxylic acids is 2. The summed E-state index contributed by atoms with van der Waals surface area (Å²) in [5, 5.41) is 19.2. The molecule has 1 heterocycles. The van der Waals surface area contributed by atoms with Gasteiger partial charge in [-0.05, 0) is 83.1 Å². The fourth-order valence-corrected chi connectivity index (χ4v) is 5.61. The van der Waals surface area contributed by atoms with E-state index in [0.717, 1.165) is 5.56 Å². The monoisotopic (exact) mass is 628 g/mol. The molecular weight excluding hydrogens is 604 g/mol. The van der Waals surface area contributed by atoms with Gasteiger partial charge in [0.05, 0.1) is 40.4 Å². The van der Waals surface area contributed by atoms with E-state index in [2.05, 4.69) is 0 Å². The molecule has 11 heteroatoms. The van der Waals surface area contributed by atoms with Crippen LogP contribution in [-0.4, -0.2) is 45.2 Å². The van der Waals surface area contributed by atoms with Gasteiger partial charge >= 0.3 is 11.9 Å². The number of halogens is 1. The number of aliphatic imine (C=N–C) groups is 1. The molecule has 1 aliphatic heterocycles. The summed E-state index contributed by atoms with van der Waals surface area (Å²) in [6.07, 6.45) is 1.69. The molecule has 44 heavy (non-hydrogen) atoms. The Morgan fingerprint density at radius 3 is 2.32 bits per heavy atom. The molecule has 0 unspecified atom stereocenters. The van der Waals surface area contributed by atoms with Gasteiger partial charge in [-0.3, -0.25) is 9.69 Å². The Kier molecular flexibility index (Phi) is 9.32. The Morgan fingerprint density at radius 2 is 1.64 bits per heavy atom. The molecular formula is C33H25ClN2O7S. The Hall–Kier alpha value is -5.06. The van der Waals surface area contributed by atoms with E-state index in [9.17, 15) is 24.6 Å². The summed E-state index contributed by atoms with van der Waals surface area (Å²) >= 11 is 7.80. The first-order chi connectivity index (χ1) is 21.2. The zero-order valence-electron chi connectivity index (χ0n) is 23.3. The number of ether oxygens (including phenoxy) is 2. The number of thioether (sulfide) groups is 1. The van der Waals surface area contributed by atoms with Gasteiger partial charge in [-0.25, -0.2) is 14.6 Å². The standard InChI is InChI=1S/C33H25ClN2O7S/c1-42-27-16-22(15-26(34)29(27)43-19-21-6-5-7-24(14-21)32(40)41)17-28-30(37)36(18-20-10-12-23(13-11-20)31(38)39)33(44-28)35-25-8-3-2-4-9-25/h2-17H,18-19H2,1H3,(H,38,39)(H,40,41). The minimum absolute atomic E-state index is 0.0632. The van der Waals surface area contributed by atoms with Gasteiger partial charge in [-0.2, -0.15) is 0 Å². The van der Waals surface area contributed by atoms with Crippen LogP contribution in [0.15, 0.2) is 101 Å². The summed E-state index contributed by atoms with van der Waals surface area (Å²) < 4.78 is 11.4. The molecule has 4 aromatic carbocycles.